The van der Waals surface area contributed by atoms with E-state index in [0.717, 1.165) is 0 Å². The maximum absolute atomic E-state index is 12.3. The third-order valence-corrected chi connectivity index (χ3v) is 2.08. The van der Waals surface area contributed by atoms with Crippen LogP contribution in [0.4, 0.5) is 13.2 Å². The number of hydrogen-bond donors (Lipinski definition) is 0. The zero-order valence-corrected chi connectivity index (χ0v) is 8.64. The van der Waals surface area contributed by atoms with Gasteiger partial charge in [-0.2, -0.15) is 13.2 Å². The Labute approximate surface area is 98.0 Å². The SMILES string of the molecule is O=C(c1c([O-])on[n+]1-c1ccccc1)C(F)(F)F. The summed E-state index contributed by atoms with van der Waals surface area (Å²) >= 11 is 0. The standard InChI is InChI=1S/C10H5F3N2O3/c11-10(12,13)8(16)7-9(17)18-14-15(7)6-4-2-1-3-5-6/h1-5H. The summed E-state index contributed by atoms with van der Waals surface area (Å²) in [6.45, 7) is 0. The van der Waals surface area contributed by atoms with Gasteiger partial charge in [0.2, 0.25) is 5.69 Å². The number of rotatable bonds is 2. The van der Waals surface area contributed by atoms with Gasteiger partial charge in [0.25, 0.3) is 0 Å². The summed E-state index contributed by atoms with van der Waals surface area (Å²) in [6.07, 6.45) is -5.17. The highest BCUT2D eigenvalue weighted by molar-refractivity contribution is 5.98. The summed E-state index contributed by atoms with van der Waals surface area (Å²) in [5, 5.41) is 14.3. The van der Waals surface area contributed by atoms with Crippen LogP contribution in [0, 0.1) is 0 Å². The van der Waals surface area contributed by atoms with Crippen LogP contribution in [-0.2, 0) is 0 Å². The molecule has 0 aliphatic rings. The Morgan fingerprint density at radius 2 is 1.89 bits per heavy atom. The number of hydrogen-bond acceptors (Lipinski definition) is 4. The van der Waals surface area contributed by atoms with E-state index in [4.69, 9.17) is 0 Å². The number of halogens is 3. The molecule has 0 bridgehead atoms. The first-order valence-electron chi connectivity index (χ1n) is 4.67. The van der Waals surface area contributed by atoms with Crippen LogP contribution in [-0.4, -0.2) is 17.2 Å². The number of ketones is 1. The minimum absolute atomic E-state index is 0.121. The summed E-state index contributed by atoms with van der Waals surface area (Å²) in [7, 11) is 0. The molecule has 0 radical (unpaired) electrons. The predicted molar refractivity (Wildman–Crippen MR) is 47.9 cm³/mol. The quantitative estimate of drug-likeness (QED) is 0.589. The van der Waals surface area contributed by atoms with Crippen molar-refractivity contribution in [3.8, 4) is 11.6 Å². The lowest BCUT2D eigenvalue weighted by atomic mass is 10.2. The molecule has 0 atom stereocenters. The van der Waals surface area contributed by atoms with Crippen LogP contribution in [0.15, 0.2) is 34.9 Å². The van der Waals surface area contributed by atoms with Crippen molar-refractivity contribution in [1.29, 1.82) is 0 Å². The Hall–Kier alpha value is -2.38. The van der Waals surface area contributed by atoms with Crippen molar-refractivity contribution in [2.24, 2.45) is 0 Å². The first-order valence-corrected chi connectivity index (χ1v) is 4.67. The van der Waals surface area contributed by atoms with E-state index < -0.39 is 23.6 Å². The molecule has 0 aliphatic carbocycles. The van der Waals surface area contributed by atoms with Crippen LogP contribution in [0.25, 0.3) is 5.69 Å². The summed E-state index contributed by atoms with van der Waals surface area (Å²) in [6, 6.07) is 7.42. The number of carbonyl (C=O) groups excluding carboxylic acids is 1. The second-order valence-electron chi connectivity index (χ2n) is 3.28. The van der Waals surface area contributed by atoms with Gasteiger partial charge in [-0.05, 0) is 4.68 Å². The Bertz CT molecular complexity index is 578. The number of alkyl halides is 3. The number of carbonyl (C=O) groups is 1. The number of para-hydroxylation sites is 1. The average Bonchev–Trinajstić information content (AvgIpc) is 2.70. The minimum Gasteiger partial charge on any atom is -0.539 e. The highest BCUT2D eigenvalue weighted by Crippen LogP contribution is 2.23. The Balaban J connectivity index is 2.56. The fourth-order valence-electron chi connectivity index (χ4n) is 1.32. The normalized spacial score (nSPS) is 11.5. The molecule has 2 rings (SSSR count). The monoisotopic (exact) mass is 258 g/mol. The number of aromatic nitrogens is 2. The number of benzene rings is 1. The van der Waals surface area contributed by atoms with Crippen LogP contribution >= 0.6 is 0 Å². The molecule has 0 unspecified atom stereocenters. The van der Waals surface area contributed by atoms with E-state index in [-0.39, 0.29) is 5.69 Å². The first-order chi connectivity index (χ1) is 8.41. The van der Waals surface area contributed by atoms with Gasteiger partial charge >= 0.3 is 17.7 Å². The molecule has 0 spiro atoms. The lowest BCUT2D eigenvalue weighted by molar-refractivity contribution is -0.672. The summed E-state index contributed by atoms with van der Waals surface area (Å²) in [4.78, 5) is 11.1. The smallest absolute Gasteiger partial charge is 0.461 e. The molecule has 0 saturated carbocycles. The molecule has 0 aliphatic heterocycles. The number of Topliss-reactive ketones (excluding diaryl/α,β-unsaturated/α-hetero) is 1. The molecule has 8 heteroatoms. The third kappa shape index (κ3) is 2.04. The maximum atomic E-state index is 12.3. The van der Waals surface area contributed by atoms with Gasteiger partial charge in [-0.15, -0.1) is 0 Å². The van der Waals surface area contributed by atoms with Crippen molar-refractivity contribution >= 4 is 5.78 Å². The fourth-order valence-corrected chi connectivity index (χ4v) is 1.32. The molecule has 0 fully saturated rings. The molecule has 2 aromatic rings. The Kier molecular flexibility index (Phi) is 2.77. The van der Waals surface area contributed by atoms with Gasteiger partial charge in [0, 0.05) is 12.1 Å². The van der Waals surface area contributed by atoms with E-state index in [1.54, 1.807) is 6.07 Å². The van der Waals surface area contributed by atoms with Gasteiger partial charge in [-0.3, -0.25) is 4.79 Å². The highest BCUT2D eigenvalue weighted by atomic mass is 19.4. The van der Waals surface area contributed by atoms with Gasteiger partial charge < -0.3 is 9.63 Å². The predicted octanol–water partition coefficient (Wildman–Crippen LogP) is 0.770. The van der Waals surface area contributed by atoms with Crippen molar-refractivity contribution in [2.75, 3.05) is 0 Å². The molecular weight excluding hydrogens is 253 g/mol. The van der Waals surface area contributed by atoms with Gasteiger partial charge in [-0.1, -0.05) is 18.2 Å². The number of nitrogens with zero attached hydrogens (tertiary/aromatic N) is 2. The molecular formula is C10H5F3N2O3. The lowest BCUT2D eigenvalue weighted by Gasteiger charge is -2.01. The van der Waals surface area contributed by atoms with Gasteiger partial charge in [0.1, 0.15) is 0 Å². The van der Waals surface area contributed by atoms with E-state index in [2.05, 4.69) is 9.79 Å². The lowest BCUT2D eigenvalue weighted by Crippen LogP contribution is -2.42. The van der Waals surface area contributed by atoms with E-state index in [1.807, 2.05) is 0 Å². The minimum atomic E-state index is -5.17. The van der Waals surface area contributed by atoms with Crippen molar-refractivity contribution < 1.29 is 32.3 Å². The van der Waals surface area contributed by atoms with Crippen molar-refractivity contribution in [3.63, 3.8) is 0 Å². The molecule has 1 aromatic carbocycles. The summed E-state index contributed by atoms with van der Waals surface area (Å²) < 4.78 is 41.6. The van der Waals surface area contributed by atoms with Crippen LogP contribution in [0.3, 0.4) is 0 Å². The summed E-state index contributed by atoms with van der Waals surface area (Å²) in [5.74, 6) is -3.72. The van der Waals surface area contributed by atoms with Crippen molar-refractivity contribution in [2.45, 2.75) is 6.18 Å². The second-order valence-corrected chi connectivity index (χ2v) is 3.28. The Morgan fingerprint density at radius 3 is 2.44 bits per heavy atom. The Morgan fingerprint density at radius 1 is 1.28 bits per heavy atom. The molecule has 5 nitrogen and oxygen atoms in total. The molecule has 0 amide bonds. The van der Waals surface area contributed by atoms with Crippen LogP contribution < -0.4 is 9.79 Å². The van der Waals surface area contributed by atoms with Crippen LogP contribution in [0.1, 0.15) is 10.5 Å². The summed E-state index contributed by atoms with van der Waals surface area (Å²) in [5.41, 5.74) is -1.05. The second kappa shape index (κ2) is 4.13. The van der Waals surface area contributed by atoms with Crippen LogP contribution in [0.5, 0.6) is 5.95 Å². The zero-order valence-electron chi connectivity index (χ0n) is 8.64. The van der Waals surface area contributed by atoms with E-state index in [1.165, 1.54) is 24.3 Å². The highest BCUT2D eigenvalue weighted by Gasteiger charge is 2.47. The van der Waals surface area contributed by atoms with Crippen molar-refractivity contribution in [3.05, 3.63) is 36.0 Å². The molecule has 1 aromatic heterocycles. The zero-order chi connectivity index (χ0) is 13.3. The topological polar surface area (TPSA) is 70.0 Å². The van der Waals surface area contributed by atoms with Gasteiger partial charge in [0.05, 0.1) is 5.27 Å². The molecule has 94 valence electrons. The maximum Gasteiger partial charge on any atom is 0.461 e. The molecule has 0 N–H and O–H groups in total. The van der Waals surface area contributed by atoms with E-state index >= 15 is 0 Å². The first kappa shape index (κ1) is 12.1. The van der Waals surface area contributed by atoms with E-state index in [0.29, 0.717) is 4.68 Å². The third-order valence-electron chi connectivity index (χ3n) is 2.08. The van der Waals surface area contributed by atoms with Gasteiger partial charge in [-0.25, -0.2) is 0 Å². The molecule has 1 heterocycles. The molecule has 0 saturated heterocycles. The largest absolute Gasteiger partial charge is 0.539 e. The average molecular weight is 258 g/mol. The van der Waals surface area contributed by atoms with E-state index in [9.17, 15) is 23.1 Å². The fraction of sp³-hybridized carbons (Fsp3) is 0.100. The van der Waals surface area contributed by atoms with Crippen LogP contribution in [0.2, 0.25) is 0 Å². The molecule has 18 heavy (non-hydrogen) atoms. The van der Waals surface area contributed by atoms with Crippen molar-refractivity contribution in [1.82, 2.24) is 5.27 Å². The van der Waals surface area contributed by atoms with Gasteiger partial charge in [0.15, 0.2) is 5.95 Å².